The van der Waals surface area contributed by atoms with Crippen LogP contribution in [0.5, 0.6) is 0 Å². The summed E-state index contributed by atoms with van der Waals surface area (Å²) >= 11 is 0. The SMILES string of the molecule is CC(C)CCN1CCOCC1.CCCCCCCCCCCCC(C)C. The smallest absolute Gasteiger partial charge is 0.0594 e. The Morgan fingerprint density at radius 3 is 1.58 bits per heavy atom. The zero-order valence-corrected chi connectivity index (χ0v) is 19.0. The van der Waals surface area contributed by atoms with Gasteiger partial charge in [-0.05, 0) is 24.8 Å². The van der Waals surface area contributed by atoms with Gasteiger partial charge in [-0.2, -0.15) is 0 Å². The molecule has 1 aliphatic rings. The Balaban J connectivity index is 0.000000502. The molecule has 1 fully saturated rings. The lowest BCUT2D eigenvalue weighted by atomic mass is 10.0. The molecular weight excluding hydrogens is 318 g/mol. The molecule has 0 atom stereocenters. The summed E-state index contributed by atoms with van der Waals surface area (Å²) in [7, 11) is 0. The maximum Gasteiger partial charge on any atom is 0.0594 e. The summed E-state index contributed by atoms with van der Waals surface area (Å²) in [6, 6.07) is 0. The van der Waals surface area contributed by atoms with E-state index >= 15 is 0 Å². The van der Waals surface area contributed by atoms with Gasteiger partial charge >= 0.3 is 0 Å². The highest BCUT2D eigenvalue weighted by atomic mass is 16.5. The first-order valence-corrected chi connectivity index (χ1v) is 11.9. The lowest BCUT2D eigenvalue weighted by Crippen LogP contribution is -2.37. The minimum Gasteiger partial charge on any atom is -0.379 e. The van der Waals surface area contributed by atoms with Gasteiger partial charge in [-0.1, -0.05) is 105 Å². The molecule has 26 heavy (non-hydrogen) atoms. The van der Waals surface area contributed by atoms with E-state index < -0.39 is 0 Å². The van der Waals surface area contributed by atoms with E-state index in [-0.39, 0.29) is 0 Å². The number of ether oxygens (including phenoxy) is 1. The summed E-state index contributed by atoms with van der Waals surface area (Å²) in [6.45, 7) is 16.9. The second-order valence-corrected chi connectivity index (χ2v) is 9.00. The first-order valence-electron chi connectivity index (χ1n) is 11.9. The van der Waals surface area contributed by atoms with E-state index in [1.54, 1.807) is 0 Å². The average molecular weight is 370 g/mol. The number of nitrogens with zero attached hydrogens (tertiary/aromatic N) is 1. The van der Waals surface area contributed by atoms with E-state index in [0.29, 0.717) is 0 Å². The molecule has 0 aromatic rings. The van der Waals surface area contributed by atoms with Crippen LogP contribution in [0.3, 0.4) is 0 Å². The van der Waals surface area contributed by atoms with Gasteiger partial charge in [0.2, 0.25) is 0 Å². The Labute approximate surface area is 166 Å². The predicted octanol–water partition coefficient (Wildman–Crippen LogP) is 7.32. The van der Waals surface area contributed by atoms with Crippen molar-refractivity contribution in [3.63, 3.8) is 0 Å². The van der Waals surface area contributed by atoms with E-state index in [1.165, 1.54) is 83.6 Å². The quantitative estimate of drug-likeness (QED) is 0.297. The van der Waals surface area contributed by atoms with Gasteiger partial charge in [0, 0.05) is 13.1 Å². The van der Waals surface area contributed by atoms with Crippen LogP contribution >= 0.6 is 0 Å². The lowest BCUT2D eigenvalue weighted by molar-refractivity contribution is 0.0360. The van der Waals surface area contributed by atoms with E-state index in [9.17, 15) is 0 Å². The van der Waals surface area contributed by atoms with Gasteiger partial charge in [-0.3, -0.25) is 4.90 Å². The zero-order valence-electron chi connectivity index (χ0n) is 19.0. The molecule has 0 N–H and O–H groups in total. The Bertz CT molecular complexity index is 259. The van der Waals surface area contributed by atoms with Gasteiger partial charge in [0.1, 0.15) is 0 Å². The van der Waals surface area contributed by atoms with Crippen LogP contribution in [0.25, 0.3) is 0 Å². The molecule has 1 rings (SSSR count). The highest BCUT2D eigenvalue weighted by Gasteiger charge is 2.09. The molecule has 1 aliphatic heterocycles. The topological polar surface area (TPSA) is 12.5 Å². The average Bonchev–Trinajstić information content (AvgIpc) is 2.63. The van der Waals surface area contributed by atoms with Gasteiger partial charge in [0.25, 0.3) is 0 Å². The monoisotopic (exact) mass is 369 g/mol. The van der Waals surface area contributed by atoms with Crippen LogP contribution in [0.1, 0.15) is 112 Å². The molecule has 1 heterocycles. The highest BCUT2D eigenvalue weighted by Crippen LogP contribution is 2.13. The number of hydrogen-bond acceptors (Lipinski definition) is 2. The van der Waals surface area contributed by atoms with Crippen LogP contribution in [0.15, 0.2) is 0 Å². The molecule has 0 unspecified atom stereocenters. The van der Waals surface area contributed by atoms with Gasteiger partial charge in [-0.25, -0.2) is 0 Å². The lowest BCUT2D eigenvalue weighted by Gasteiger charge is -2.26. The van der Waals surface area contributed by atoms with Gasteiger partial charge < -0.3 is 4.74 Å². The third-order valence-corrected chi connectivity index (χ3v) is 5.26. The Hall–Kier alpha value is -0.0800. The van der Waals surface area contributed by atoms with Crippen molar-refractivity contribution < 1.29 is 4.74 Å². The molecule has 0 radical (unpaired) electrons. The zero-order chi connectivity index (χ0) is 19.5. The standard InChI is InChI=1S/C15H32.C9H19NO/c1-4-5-6-7-8-9-10-11-12-13-14-15(2)3;1-9(2)3-4-10-5-7-11-8-6-10/h15H,4-14H2,1-3H3;9H,3-8H2,1-2H3. The number of rotatable bonds is 14. The second-order valence-electron chi connectivity index (χ2n) is 9.00. The largest absolute Gasteiger partial charge is 0.379 e. The first-order chi connectivity index (χ1) is 12.6. The van der Waals surface area contributed by atoms with Gasteiger partial charge in [-0.15, -0.1) is 0 Å². The summed E-state index contributed by atoms with van der Waals surface area (Å²) in [6.07, 6.45) is 17.3. The van der Waals surface area contributed by atoms with E-state index in [4.69, 9.17) is 4.74 Å². The molecule has 2 nitrogen and oxygen atoms in total. The molecule has 0 amide bonds. The highest BCUT2D eigenvalue weighted by molar-refractivity contribution is 4.62. The minimum atomic E-state index is 0.831. The van der Waals surface area contributed by atoms with Crippen molar-refractivity contribution in [1.82, 2.24) is 4.90 Å². The number of morpholine rings is 1. The molecular formula is C24H51NO. The molecule has 0 saturated carbocycles. The van der Waals surface area contributed by atoms with E-state index in [0.717, 1.165) is 38.1 Å². The van der Waals surface area contributed by atoms with Crippen LogP contribution in [0, 0.1) is 11.8 Å². The molecule has 158 valence electrons. The molecule has 0 aromatic heterocycles. The summed E-state index contributed by atoms with van der Waals surface area (Å²) in [5.74, 6) is 1.73. The summed E-state index contributed by atoms with van der Waals surface area (Å²) in [4.78, 5) is 2.49. The molecule has 1 saturated heterocycles. The summed E-state index contributed by atoms with van der Waals surface area (Å²) in [5, 5.41) is 0. The molecule has 0 aromatic carbocycles. The van der Waals surface area contributed by atoms with Crippen molar-refractivity contribution in [2.75, 3.05) is 32.8 Å². The molecule has 0 spiro atoms. The fourth-order valence-corrected chi connectivity index (χ4v) is 3.31. The number of unbranched alkanes of at least 4 members (excludes halogenated alkanes) is 9. The Morgan fingerprint density at radius 2 is 1.12 bits per heavy atom. The fourth-order valence-electron chi connectivity index (χ4n) is 3.31. The second kappa shape index (κ2) is 19.7. The molecule has 0 aliphatic carbocycles. The first kappa shape index (κ1) is 25.9. The normalized spacial score (nSPS) is 15.3. The van der Waals surface area contributed by atoms with Gasteiger partial charge in [0.15, 0.2) is 0 Å². The van der Waals surface area contributed by atoms with Crippen LogP contribution in [0.2, 0.25) is 0 Å². The maximum atomic E-state index is 5.26. The van der Waals surface area contributed by atoms with Crippen LogP contribution in [-0.2, 0) is 4.74 Å². The van der Waals surface area contributed by atoms with E-state index in [1.807, 2.05) is 0 Å². The van der Waals surface area contributed by atoms with Crippen LogP contribution in [-0.4, -0.2) is 37.7 Å². The van der Waals surface area contributed by atoms with Crippen molar-refractivity contribution in [1.29, 1.82) is 0 Å². The van der Waals surface area contributed by atoms with Crippen molar-refractivity contribution in [2.45, 2.75) is 112 Å². The molecule has 0 bridgehead atoms. The van der Waals surface area contributed by atoms with Crippen molar-refractivity contribution in [3.8, 4) is 0 Å². The van der Waals surface area contributed by atoms with Crippen molar-refractivity contribution in [3.05, 3.63) is 0 Å². The predicted molar refractivity (Wildman–Crippen MR) is 118 cm³/mol. The Kier molecular flexibility index (Phi) is 19.6. The summed E-state index contributed by atoms with van der Waals surface area (Å²) in [5.41, 5.74) is 0. The van der Waals surface area contributed by atoms with Crippen LogP contribution < -0.4 is 0 Å². The fraction of sp³-hybridized carbons (Fsp3) is 1.00. The number of hydrogen-bond donors (Lipinski definition) is 0. The van der Waals surface area contributed by atoms with Crippen molar-refractivity contribution >= 4 is 0 Å². The van der Waals surface area contributed by atoms with Crippen molar-refractivity contribution in [2.24, 2.45) is 11.8 Å². The van der Waals surface area contributed by atoms with E-state index in [2.05, 4.69) is 39.5 Å². The third kappa shape index (κ3) is 20.2. The van der Waals surface area contributed by atoms with Crippen LogP contribution in [0.4, 0.5) is 0 Å². The van der Waals surface area contributed by atoms with Gasteiger partial charge in [0.05, 0.1) is 13.2 Å². The molecule has 2 heteroatoms. The summed E-state index contributed by atoms with van der Waals surface area (Å²) < 4.78 is 5.26. The maximum absolute atomic E-state index is 5.26. The third-order valence-electron chi connectivity index (χ3n) is 5.26. The Morgan fingerprint density at radius 1 is 0.654 bits per heavy atom. The minimum absolute atomic E-state index is 0.831.